The molecular weight excluding hydrogens is 329 g/mol. The molecule has 2 aromatic carbocycles. The number of benzene rings is 2. The lowest BCUT2D eigenvalue weighted by molar-refractivity contribution is 0.628. The minimum atomic E-state index is -0.480. The van der Waals surface area contributed by atoms with Crippen molar-refractivity contribution in [1.82, 2.24) is 15.2 Å². The first-order chi connectivity index (χ1) is 11.5. The number of aromatic nitrogens is 3. The summed E-state index contributed by atoms with van der Waals surface area (Å²) in [7, 11) is 0. The Morgan fingerprint density at radius 2 is 1.92 bits per heavy atom. The van der Waals surface area contributed by atoms with Gasteiger partial charge in [-0.05, 0) is 49.2 Å². The van der Waals surface area contributed by atoms with Crippen molar-refractivity contribution in [3.63, 3.8) is 0 Å². The van der Waals surface area contributed by atoms with E-state index in [1.54, 1.807) is 6.07 Å². The molecular formula is C17H15ClFN5. The van der Waals surface area contributed by atoms with Crippen LogP contribution in [0.3, 0.4) is 0 Å². The zero-order chi connectivity index (χ0) is 17.1. The lowest BCUT2D eigenvalue weighted by Gasteiger charge is -2.11. The highest BCUT2D eigenvalue weighted by Crippen LogP contribution is 2.23. The second kappa shape index (κ2) is 6.80. The summed E-state index contributed by atoms with van der Waals surface area (Å²) in [6, 6.07) is 10.3. The van der Waals surface area contributed by atoms with Crippen molar-refractivity contribution in [1.29, 1.82) is 0 Å². The summed E-state index contributed by atoms with van der Waals surface area (Å²) in [4.78, 5) is 4.35. The van der Waals surface area contributed by atoms with Crippen LogP contribution in [0.1, 0.15) is 11.1 Å². The zero-order valence-corrected chi connectivity index (χ0v) is 13.9. The Kier molecular flexibility index (Phi) is 4.57. The summed E-state index contributed by atoms with van der Waals surface area (Å²) >= 11 is 5.77. The van der Waals surface area contributed by atoms with E-state index in [0.717, 1.165) is 11.3 Å². The molecule has 24 heavy (non-hydrogen) atoms. The van der Waals surface area contributed by atoms with Crippen LogP contribution in [0.5, 0.6) is 0 Å². The van der Waals surface area contributed by atoms with Gasteiger partial charge in [0.15, 0.2) is 5.82 Å². The fourth-order valence-corrected chi connectivity index (χ4v) is 2.32. The smallest absolute Gasteiger partial charge is 0.249 e. The van der Waals surface area contributed by atoms with Crippen LogP contribution in [0.25, 0.3) is 0 Å². The van der Waals surface area contributed by atoms with Crippen molar-refractivity contribution in [2.24, 2.45) is 0 Å². The minimum Gasteiger partial charge on any atom is -0.339 e. The zero-order valence-electron chi connectivity index (χ0n) is 13.1. The topological polar surface area (TPSA) is 62.7 Å². The standard InChI is InChI=1S/C17H15ClFN5/c1-10-4-3-5-15(11(10)2)22-16-9-20-24-17(23-16)21-12-6-7-14(19)13(18)8-12/h3-9H,1-2H3,(H2,21,22,23,24). The quantitative estimate of drug-likeness (QED) is 0.714. The van der Waals surface area contributed by atoms with E-state index in [4.69, 9.17) is 11.6 Å². The molecule has 0 aliphatic carbocycles. The highest BCUT2D eigenvalue weighted by molar-refractivity contribution is 6.31. The lowest BCUT2D eigenvalue weighted by Crippen LogP contribution is -2.03. The molecule has 0 aliphatic rings. The molecule has 0 fully saturated rings. The fourth-order valence-electron chi connectivity index (χ4n) is 2.14. The first kappa shape index (κ1) is 16.1. The molecule has 1 aromatic heterocycles. The van der Waals surface area contributed by atoms with Gasteiger partial charge in [-0.1, -0.05) is 23.7 Å². The van der Waals surface area contributed by atoms with Gasteiger partial charge >= 0.3 is 0 Å². The largest absolute Gasteiger partial charge is 0.339 e. The molecule has 0 saturated heterocycles. The number of nitrogens with one attached hydrogen (secondary N) is 2. The Balaban J connectivity index is 1.81. The fraction of sp³-hybridized carbons (Fsp3) is 0.118. The molecule has 7 heteroatoms. The van der Waals surface area contributed by atoms with E-state index in [9.17, 15) is 4.39 Å². The van der Waals surface area contributed by atoms with E-state index in [2.05, 4.69) is 25.8 Å². The molecule has 122 valence electrons. The van der Waals surface area contributed by atoms with Crippen LogP contribution in [0.2, 0.25) is 5.02 Å². The maximum atomic E-state index is 13.2. The number of halogens is 2. The molecule has 0 amide bonds. The Hall–Kier alpha value is -2.73. The molecule has 0 spiro atoms. The van der Waals surface area contributed by atoms with Crippen LogP contribution in [0, 0.1) is 19.7 Å². The summed E-state index contributed by atoms with van der Waals surface area (Å²) in [5.74, 6) is 0.356. The van der Waals surface area contributed by atoms with Crippen molar-refractivity contribution in [2.75, 3.05) is 10.6 Å². The van der Waals surface area contributed by atoms with Crippen LogP contribution in [-0.2, 0) is 0 Å². The molecule has 0 unspecified atom stereocenters. The summed E-state index contributed by atoms with van der Waals surface area (Å²) in [6.45, 7) is 4.08. The van der Waals surface area contributed by atoms with Crippen molar-refractivity contribution in [3.8, 4) is 0 Å². The van der Waals surface area contributed by atoms with E-state index in [-0.39, 0.29) is 11.0 Å². The van der Waals surface area contributed by atoms with Crippen molar-refractivity contribution in [2.45, 2.75) is 13.8 Å². The van der Waals surface area contributed by atoms with Gasteiger partial charge in [-0.3, -0.25) is 0 Å². The van der Waals surface area contributed by atoms with Crippen LogP contribution in [0.15, 0.2) is 42.6 Å². The highest BCUT2D eigenvalue weighted by Gasteiger charge is 2.06. The Labute approximate surface area is 143 Å². The second-order valence-corrected chi connectivity index (χ2v) is 5.70. The number of hydrogen-bond acceptors (Lipinski definition) is 5. The number of nitrogens with zero attached hydrogens (tertiary/aromatic N) is 3. The Morgan fingerprint density at radius 1 is 1.08 bits per heavy atom. The average molecular weight is 344 g/mol. The van der Waals surface area contributed by atoms with Gasteiger partial charge in [0.05, 0.1) is 11.2 Å². The summed E-state index contributed by atoms with van der Waals surface area (Å²) < 4.78 is 13.2. The normalized spacial score (nSPS) is 10.5. The second-order valence-electron chi connectivity index (χ2n) is 5.29. The van der Waals surface area contributed by atoms with Gasteiger partial charge in [0.25, 0.3) is 0 Å². The summed E-state index contributed by atoms with van der Waals surface area (Å²) in [5.41, 5.74) is 3.84. The van der Waals surface area contributed by atoms with E-state index >= 15 is 0 Å². The molecule has 3 aromatic rings. The van der Waals surface area contributed by atoms with Gasteiger partial charge < -0.3 is 10.6 Å². The van der Waals surface area contributed by atoms with Gasteiger partial charge in [-0.15, -0.1) is 5.10 Å². The number of anilines is 4. The number of hydrogen-bond donors (Lipinski definition) is 2. The maximum absolute atomic E-state index is 13.2. The summed E-state index contributed by atoms with van der Waals surface area (Å²) in [5, 5.41) is 14.0. The SMILES string of the molecule is Cc1cccc(Nc2cnnc(Nc3ccc(F)c(Cl)c3)n2)c1C. The molecule has 5 nitrogen and oxygen atoms in total. The molecule has 0 radical (unpaired) electrons. The first-order valence-electron chi connectivity index (χ1n) is 7.28. The van der Waals surface area contributed by atoms with Gasteiger partial charge in [-0.2, -0.15) is 10.1 Å². The van der Waals surface area contributed by atoms with Crippen LogP contribution >= 0.6 is 11.6 Å². The van der Waals surface area contributed by atoms with Gasteiger partial charge in [0, 0.05) is 11.4 Å². The third kappa shape index (κ3) is 3.60. The minimum absolute atomic E-state index is 0.0256. The van der Waals surface area contributed by atoms with Gasteiger partial charge in [0.1, 0.15) is 5.82 Å². The van der Waals surface area contributed by atoms with E-state index < -0.39 is 5.82 Å². The number of rotatable bonds is 4. The maximum Gasteiger partial charge on any atom is 0.249 e. The lowest BCUT2D eigenvalue weighted by atomic mass is 10.1. The predicted octanol–water partition coefficient (Wildman–Crippen LogP) is 4.77. The molecule has 2 N–H and O–H groups in total. The van der Waals surface area contributed by atoms with E-state index in [0.29, 0.717) is 11.5 Å². The third-order valence-corrected chi connectivity index (χ3v) is 3.89. The average Bonchev–Trinajstić information content (AvgIpc) is 2.56. The molecule has 0 aliphatic heterocycles. The van der Waals surface area contributed by atoms with E-state index in [1.807, 2.05) is 32.0 Å². The highest BCUT2D eigenvalue weighted by atomic mass is 35.5. The third-order valence-electron chi connectivity index (χ3n) is 3.60. The van der Waals surface area contributed by atoms with Crippen LogP contribution in [-0.4, -0.2) is 15.2 Å². The van der Waals surface area contributed by atoms with Gasteiger partial charge in [-0.25, -0.2) is 4.39 Å². The molecule has 3 rings (SSSR count). The molecule has 1 heterocycles. The van der Waals surface area contributed by atoms with Crippen molar-refractivity contribution >= 4 is 34.7 Å². The van der Waals surface area contributed by atoms with Gasteiger partial charge in [0.2, 0.25) is 5.95 Å². The Bertz CT molecular complexity index is 885. The van der Waals surface area contributed by atoms with Crippen LogP contribution in [0.4, 0.5) is 27.5 Å². The van der Waals surface area contributed by atoms with E-state index in [1.165, 1.54) is 23.9 Å². The predicted molar refractivity (Wildman–Crippen MR) is 93.7 cm³/mol. The molecule has 0 saturated carbocycles. The van der Waals surface area contributed by atoms with Crippen LogP contribution < -0.4 is 10.6 Å². The Morgan fingerprint density at radius 3 is 2.71 bits per heavy atom. The summed E-state index contributed by atoms with van der Waals surface area (Å²) in [6.07, 6.45) is 1.53. The number of aryl methyl sites for hydroxylation is 1. The monoisotopic (exact) mass is 343 g/mol. The van der Waals surface area contributed by atoms with Crippen molar-refractivity contribution in [3.05, 3.63) is 64.6 Å². The molecule has 0 atom stereocenters. The molecule has 0 bridgehead atoms. The first-order valence-corrected chi connectivity index (χ1v) is 7.66. The van der Waals surface area contributed by atoms with Crippen molar-refractivity contribution < 1.29 is 4.39 Å².